The molecule has 1 fully saturated rings. The fraction of sp³-hybridized carbons (Fsp3) is 0.350. The summed E-state index contributed by atoms with van der Waals surface area (Å²) in [4.78, 5) is 47.8. The number of carbonyl (C=O) groups excluding carboxylic acids is 3. The summed E-state index contributed by atoms with van der Waals surface area (Å²) in [6, 6.07) is 8.53. The number of Topliss-reactive ketones (excluding diaryl/α,β-unsaturated/α-hetero) is 1. The van der Waals surface area contributed by atoms with Crippen LogP contribution in [0, 0.1) is 0 Å². The molecule has 1 saturated heterocycles. The van der Waals surface area contributed by atoms with Gasteiger partial charge in [-0.2, -0.15) is 0 Å². The van der Waals surface area contributed by atoms with Gasteiger partial charge in [0.05, 0.1) is 6.61 Å². The van der Waals surface area contributed by atoms with Crippen molar-refractivity contribution in [2.75, 3.05) is 38.1 Å². The van der Waals surface area contributed by atoms with E-state index in [9.17, 15) is 14.4 Å². The summed E-state index contributed by atoms with van der Waals surface area (Å²) < 4.78 is 4.99. The van der Waals surface area contributed by atoms with Gasteiger partial charge in [0.1, 0.15) is 5.69 Å². The van der Waals surface area contributed by atoms with E-state index >= 15 is 0 Å². The van der Waals surface area contributed by atoms with Crippen LogP contribution in [0.15, 0.2) is 36.5 Å². The van der Waals surface area contributed by atoms with E-state index in [2.05, 4.69) is 15.3 Å². The lowest BCUT2D eigenvalue weighted by Crippen LogP contribution is -2.50. The first kappa shape index (κ1) is 20.2. The van der Waals surface area contributed by atoms with Gasteiger partial charge in [-0.15, -0.1) is 0 Å². The van der Waals surface area contributed by atoms with Crippen molar-refractivity contribution in [3.63, 3.8) is 0 Å². The van der Waals surface area contributed by atoms with Crippen LogP contribution in [0.25, 0.3) is 0 Å². The van der Waals surface area contributed by atoms with Crippen molar-refractivity contribution < 1.29 is 19.1 Å². The molecule has 152 valence electrons. The Bertz CT molecular complexity index is 909. The molecule has 1 aliphatic heterocycles. The number of anilines is 2. The fourth-order valence-electron chi connectivity index (χ4n) is 2.95. The molecule has 1 aromatic heterocycles. The zero-order valence-electron chi connectivity index (χ0n) is 16.4. The van der Waals surface area contributed by atoms with Gasteiger partial charge < -0.3 is 19.9 Å². The van der Waals surface area contributed by atoms with Crippen molar-refractivity contribution in [1.82, 2.24) is 19.8 Å². The fourth-order valence-corrected chi connectivity index (χ4v) is 2.95. The summed E-state index contributed by atoms with van der Waals surface area (Å²) in [5, 5.41) is 3.02. The van der Waals surface area contributed by atoms with Crippen molar-refractivity contribution in [2.45, 2.75) is 13.8 Å². The van der Waals surface area contributed by atoms with Crippen molar-refractivity contribution in [2.24, 2.45) is 0 Å². The number of ether oxygens (including phenoxy) is 1. The minimum atomic E-state index is -0.360. The normalized spacial score (nSPS) is 13.7. The number of piperazine rings is 1. The lowest BCUT2D eigenvalue weighted by molar-refractivity contribution is 0.0566. The molecule has 2 amide bonds. The average molecular weight is 397 g/mol. The quantitative estimate of drug-likeness (QED) is 0.772. The van der Waals surface area contributed by atoms with E-state index in [0.29, 0.717) is 44.0 Å². The number of nitrogens with zero attached hydrogens (tertiary/aromatic N) is 4. The molecule has 1 aromatic carbocycles. The Balaban J connectivity index is 1.65. The van der Waals surface area contributed by atoms with Crippen LogP contribution in [0.2, 0.25) is 0 Å². The first-order chi connectivity index (χ1) is 14.0. The SMILES string of the molecule is CCOC(=O)N1CCN(C(=O)c2ccnc(Nc3cccc(C(C)=O)c3)n2)CC1. The van der Waals surface area contributed by atoms with E-state index < -0.39 is 0 Å². The maximum absolute atomic E-state index is 12.8. The predicted molar refractivity (Wildman–Crippen MR) is 106 cm³/mol. The number of hydrogen-bond donors (Lipinski definition) is 1. The topological polar surface area (TPSA) is 105 Å². The van der Waals surface area contributed by atoms with Crippen molar-refractivity contribution in [3.05, 3.63) is 47.8 Å². The Labute approximate surface area is 168 Å². The standard InChI is InChI=1S/C20H23N5O4/c1-3-29-20(28)25-11-9-24(10-12-25)18(27)17-7-8-21-19(23-17)22-16-6-4-5-15(13-16)14(2)26/h4-8,13H,3,9-12H2,1-2H3,(H,21,22,23). The van der Waals surface area contributed by atoms with Gasteiger partial charge in [0, 0.05) is 43.6 Å². The second-order valence-corrected chi connectivity index (χ2v) is 6.51. The third-order valence-electron chi connectivity index (χ3n) is 4.49. The highest BCUT2D eigenvalue weighted by Crippen LogP contribution is 2.16. The van der Waals surface area contributed by atoms with Gasteiger partial charge >= 0.3 is 6.09 Å². The van der Waals surface area contributed by atoms with Crippen LogP contribution in [0.1, 0.15) is 34.7 Å². The van der Waals surface area contributed by atoms with E-state index in [1.54, 1.807) is 47.1 Å². The van der Waals surface area contributed by atoms with Gasteiger partial charge in [0.25, 0.3) is 5.91 Å². The Morgan fingerprint density at radius 2 is 1.83 bits per heavy atom. The minimum Gasteiger partial charge on any atom is -0.450 e. The number of nitrogens with one attached hydrogen (secondary N) is 1. The number of benzene rings is 1. The van der Waals surface area contributed by atoms with Crippen LogP contribution in [-0.2, 0) is 4.74 Å². The van der Waals surface area contributed by atoms with Crippen molar-refractivity contribution in [3.8, 4) is 0 Å². The van der Waals surface area contributed by atoms with Crippen molar-refractivity contribution >= 4 is 29.4 Å². The van der Waals surface area contributed by atoms with Crippen LogP contribution in [-0.4, -0.2) is 70.3 Å². The molecule has 0 spiro atoms. The van der Waals surface area contributed by atoms with Crippen molar-refractivity contribution in [1.29, 1.82) is 0 Å². The molecule has 1 N–H and O–H groups in total. The van der Waals surface area contributed by atoms with Crippen LogP contribution in [0.5, 0.6) is 0 Å². The third kappa shape index (κ3) is 5.07. The molecule has 1 aliphatic rings. The molecule has 29 heavy (non-hydrogen) atoms. The van der Waals surface area contributed by atoms with Gasteiger partial charge in [0.2, 0.25) is 5.95 Å². The number of hydrogen-bond acceptors (Lipinski definition) is 7. The molecule has 3 rings (SSSR count). The number of aromatic nitrogens is 2. The number of amides is 2. The zero-order chi connectivity index (χ0) is 20.8. The molecule has 9 heteroatoms. The molecular weight excluding hydrogens is 374 g/mol. The zero-order valence-corrected chi connectivity index (χ0v) is 16.4. The number of rotatable bonds is 5. The van der Waals surface area contributed by atoms with Crippen LogP contribution in [0.4, 0.5) is 16.4 Å². The van der Waals surface area contributed by atoms with Crippen LogP contribution in [0.3, 0.4) is 0 Å². The number of ketones is 1. The minimum absolute atomic E-state index is 0.0412. The molecule has 0 bridgehead atoms. The summed E-state index contributed by atoms with van der Waals surface area (Å²) in [7, 11) is 0. The highest BCUT2D eigenvalue weighted by atomic mass is 16.6. The summed E-state index contributed by atoms with van der Waals surface area (Å²) >= 11 is 0. The Morgan fingerprint density at radius 3 is 2.52 bits per heavy atom. The van der Waals surface area contributed by atoms with Gasteiger partial charge in [-0.1, -0.05) is 12.1 Å². The predicted octanol–water partition coefficient (Wildman–Crippen LogP) is 2.34. The molecule has 9 nitrogen and oxygen atoms in total. The average Bonchev–Trinajstić information content (AvgIpc) is 2.74. The molecule has 0 unspecified atom stereocenters. The highest BCUT2D eigenvalue weighted by molar-refractivity contribution is 5.95. The first-order valence-corrected chi connectivity index (χ1v) is 9.40. The van der Waals surface area contributed by atoms with Gasteiger partial charge in [-0.3, -0.25) is 9.59 Å². The second-order valence-electron chi connectivity index (χ2n) is 6.51. The summed E-state index contributed by atoms with van der Waals surface area (Å²) in [6.07, 6.45) is 1.15. The monoisotopic (exact) mass is 397 g/mol. The maximum Gasteiger partial charge on any atom is 0.409 e. The molecular formula is C20H23N5O4. The van der Waals surface area contributed by atoms with Gasteiger partial charge in [0.15, 0.2) is 5.78 Å². The number of carbonyl (C=O) groups is 3. The first-order valence-electron chi connectivity index (χ1n) is 9.40. The summed E-state index contributed by atoms with van der Waals surface area (Å²) in [5.41, 5.74) is 1.49. The summed E-state index contributed by atoms with van der Waals surface area (Å²) in [6.45, 7) is 5.22. The van der Waals surface area contributed by atoms with Crippen LogP contribution < -0.4 is 5.32 Å². The Morgan fingerprint density at radius 1 is 1.10 bits per heavy atom. The molecule has 2 aromatic rings. The third-order valence-corrected chi connectivity index (χ3v) is 4.49. The lowest BCUT2D eigenvalue weighted by Gasteiger charge is -2.33. The smallest absolute Gasteiger partial charge is 0.409 e. The van der Waals surface area contributed by atoms with E-state index in [-0.39, 0.29) is 29.4 Å². The van der Waals surface area contributed by atoms with E-state index in [4.69, 9.17) is 4.74 Å². The van der Waals surface area contributed by atoms with Crippen LogP contribution >= 0.6 is 0 Å². The van der Waals surface area contributed by atoms with E-state index in [1.165, 1.54) is 13.1 Å². The lowest BCUT2D eigenvalue weighted by atomic mass is 10.1. The van der Waals surface area contributed by atoms with E-state index in [0.717, 1.165) is 0 Å². The largest absolute Gasteiger partial charge is 0.450 e. The molecule has 0 aliphatic carbocycles. The van der Waals surface area contributed by atoms with Gasteiger partial charge in [-0.05, 0) is 32.0 Å². The molecule has 0 saturated carbocycles. The molecule has 0 atom stereocenters. The van der Waals surface area contributed by atoms with Gasteiger partial charge in [-0.25, -0.2) is 14.8 Å². The molecule has 2 heterocycles. The maximum atomic E-state index is 12.8. The summed E-state index contributed by atoms with van der Waals surface area (Å²) in [5.74, 6) is -0.00128. The Kier molecular flexibility index (Phi) is 6.38. The Hall–Kier alpha value is -3.49. The molecule has 0 radical (unpaired) electrons. The highest BCUT2D eigenvalue weighted by Gasteiger charge is 2.26. The second kappa shape index (κ2) is 9.13. The van der Waals surface area contributed by atoms with E-state index in [1.807, 2.05) is 0 Å².